The molecule has 1 amide bonds. The summed E-state index contributed by atoms with van der Waals surface area (Å²) >= 11 is 0. The number of ketones is 1. The zero-order chi connectivity index (χ0) is 23.4. The third-order valence-electron chi connectivity index (χ3n) is 5.83. The van der Waals surface area contributed by atoms with Gasteiger partial charge in [-0.1, -0.05) is 0 Å². The highest BCUT2D eigenvalue weighted by molar-refractivity contribution is 6.46. The number of amides is 1. The van der Waals surface area contributed by atoms with Gasteiger partial charge in [-0.15, -0.1) is 0 Å². The van der Waals surface area contributed by atoms with E-state index in [0.717, 1.165) is 19.6 Å². The second kappa shape index (κ2) is 10.2. The van der Waals surface area contributed by atoms with Gasteiger partial charge in [0.1, 0.15) is 23.3 Å². The van der Waals surface area contributed by atoms with Gasteiger partial charge in [0, 0.05) is 31.7 Å². The van der Waals surface area contributed by atoms with E-state index in [1.165, 1.54) is 11.2 Å². The predicted molar refractivity (Wildman–Crippen MR) is 122 cm³/mol. The van der Waals surface area contributed by atoms with Gasteiger partial charge in [-0.2, -0.15) is 0 Å². The molecule has 2 aromatic rings. The molecule has 1 aromatic heterocycles. The van der Waals surface area contributed by atoms with Crippen LogP contribution in [-0.4, -0.2) is 72.1 Å². The van der Waals surface area contributed by atoms with Crippen molar-refractivity contribution in [3.05, 3.63) is 59.6 Å². The van der Waals surface area contributed by atoms with Crippen LogP contribution >= 0.6 is 0 Å². The van der Waals surface area contributed by atoms with Crippen molar-refractivity contribution in [2.45, 2.75) is 32.4 Å². The number of morpholine rings is 1. The molecule has 0 bridgehead atoms. The van der Waals surface area contributed by atoms with Crippen molar-refractivity contribution in [1.82, 2.24) is 9.80 Å². The van der Waals surface area contributed by atoms with Crippen LogP contribution in [0.4, 0.5) is 0 Å². The number of rotatable bonds is 8. The average Bonchev–Trinajstić information content (AvgIpc) is 3.42. The molecule has 2 aliphatic heterocycles. The first-order chi connectivity index (χ1) is 16.0. The van der Waals surface area contributed by atoms with Gasteiger partial charge in [0.05, 0.1) is 31.2 Å². The van der Waals surface area contributed by atoms with Crippen LogP contribution in [0.2, 0.25) is 0 Å². The van der Waals surface area contributed by atoms with Crippen LogP contribution in [0.25, 0.3) is 5.76 Å². The molecular formula is C25H30N2O6. The lowest BCUT2D eigenvalue weighted by Gasteiger charge is -2.28. The fourth-order valence-corrected chi connectivity index (χ4v) is 4.26. The molecule has 3 heterocycles. The van der Waals surface area contributed by atoms with Crippen LogP contribution in [0, 0.1) is 0 Å². The Bertz CT molecular complexity index is 990. The third kappa shape index (κ3) is 5.12. The maximum absolute atomic E-state index is 13.0. The molecule has 33 heavy (non-hydrogen) atoms. The second-order valence-corrected chi connectivity index (χ2v) is 8.51. The fourth-order valence-electron chi connectivity index (χ4n) is 4.26. The lowest BCUT2D eigenvalue weighted by molar-refractivity contribution is -0.140. The Morgan fingerprint density at radius 3 is 2.48 bits per heavy atom. The molecular weight excluding hydrogens is 424 g/mol. The van der Waals surface area contributed by atoms with Crippen molar-refractivity contribution in [2.75, 3.05) is 39.4 Å². The number of aliphatic hydroxyl groups is 1. The standard InChI is InChI=1S/C25H30N2O6/c1-17(2)33-19-8-6-18(7-9-19)23(28)21-22(20-5-3-14-32-20)27(25(30)24(21)29)11-4-10-26-12-15-31-16-13-26/h3,5-9,14,17,22,28H,4,10-13,15-16H2,1-2H3/b23-21+/t22-/m1/s1. The maximum Gasteiger partial charge on any atom is 0.295 e. The van der Waals surface area contributed by atoms with Crippen LogP contribution < -0.4 is 4.74 Å². The molecule has 1 aromatic carbocycles. The monoisotopic (exact) mass is 454 g/mol. The average molecular weight is 455 g/mol. The summed E-state index contributed by atoms with van der Waals surface area (Å²) in [6, 6.07) is 9.48. The Hall–Kier alpha value is -3.10. The lowest BCUT2D eigenvalue weighted by Crippen LogP contribution is -2.38. The summed E-state index contributed by atoms with van der Waals surface area (Å²) in [5.74, 6) is -0.446. The van der Waals surface area contributed by atoms with E-state index in [1.807, 2.05) is 13.8 Å². The van der Waals surface area contributed by atoms with E-state index < -0.39 is 17.7 Å². The molecule has 2 saturated heterocycles. The number of carbonyl (C=O) groups excluding carboxylic acids is 2. The molecule has 0 aliphatic carbocycles. The van der Waals surface area contributed by atoms with Gasteiger partial charge in [-0.05, 0) is 56.7 Å². The number of likely N-dealkylation sites (tertiary alicyclic amines) is 1. The summed E-state index contributed by atoms with van der Waals surface area (Å²) < 4.78 is 16.6. The molecule has 8 nitrogen and oxygen atoms in total. The number of hydrogen-bond acceptors (Lipinski definition) is 7. The Balaban J connectivity index is 1.59. The van der Waals surface area contributed by atoms with Crippen molar-refractivity contribution >= 4 is 17.4 Å². The summed E-state index contributed by atoms with van der Waals surface area (Å²) in [6.45, 7) is 8.17. The first-order valence-corrected chi connectivity index (χ1v) is 11.3. The van der Waals surface area contributed by atoms with Gasteiger partial charge in [0.15, 0.2) is 0 Å². The van der Waals surface area contributed by atoms with Crippen LogP contribution in [0.1, 0.15) is 37.6 Å². The van der Waals surface area contributed by atoms with Gasteiger partial charge in [-0.3, -0.25) is 14.5 Å². The molecule has 0 saturated carbocycles. The van der Waals surface area contributed by atoms with E-state index in [0.29, 0.717) is 43.3 Å². The first-order valence-electron chi connectivity index (χ1n) is 11.3. The lowest BCUT2D eigenvalue weighted by atomic mass is 9.99. The molecule has 0 unspecified atom stereocenters. The van der Waals surface area contributed by atoms with Crippen LogP contribution in [-0.2, 0) is 14.3 Å². The van der Waals surface area contributed by atoms with E-state index in [9.17, 15) is 14.7 Å². The van der Waals surface area contributed by atoms with Crippen molar-refractivity contribution in [2.24, 2.45) is 0 Å². The minimum atomic E-state index is -0.767. The Labute approximate surface area is 193 Å². The number of carbonyl (C=O) groups is 2. The van der Waals surface area contributed by atoms with E-state index in [1.54, 1.807) is 36.4 Å². The Morgan fingerprint density at radius 1 is 1.12 bits per heavy atom. The summed E-state index contributed by atoms with van der Waals surface area (Å²) in [5.41, 5.74) is 0.479. The molecule has 1 atom stereocenters. The minimum absolute atomic E-state index is 0.0196. The van der Waals surface area contributed by atoms with Gasteiger partial charge in [0.2, 0.25) is 0 Å². The third-order valence-corrected chi connectivity index (χ3v) is 5.83. The highest BCUT2D eigenvalue weighted by Gasteiger charge is 2.47. The number of nitrogens with zero attached hydrogens (tertiary/aromatic N) is 2. The van der Waals surface area contributed by atoms with Gasteiger partial charge < -0.3 is 23.9 Å². The topological polar surface area (TPSA) is 92.5 Å². The first kappa shape index (κ1) is 23.1. The summed E-state index contributed by atoms with van der Waals surface area (Å²) in [6.07, 6.45) is 2.22. The Morgan fingerprint density at radius 2 is 1.85 bits per heavy atom. The quantitative estimate of drug-likeness (QED) is 0.372. The van der Waals surface area contributed by atoms with Gasteiger partial charge in [-0.25, -0.2) is 0 Å². The van der Waals surface area contributed by atoms with Crippen LogP contribution in [0.15, 0.2) is 52.7 Å². The summed E-state index contributed by atoms with van der Waals surface area (Å²) in [7, 11) is 0. The predicted octanol–water partition coefficient (Wildman–Crippen LogP) is 3.21. The van der Waals surface area contributed by atoms with Gasteiger partial charge >= 0.3 is 0 Å². The van der Waals surface area contributed by atoms with Crippen LogP contribution in [0.5, 0.6) is 5.75 Å². The molecule has 2 fully saturated rings. The van der Waals surface area contributed by atoms with E-state index in [4.69, 9.17) is 13.9 Å². The van der Waals surface area contributed by atoms with Crippen LogP contribution in [0.3, 0.4) is 0 Å². The van der Waals surface area contributed by atoms with E-state index in [-0.39, 0.29) is 17.4 Å². The number of Topliss-reactive ketones (excluding diaryl/α,β-unsaturated/α-hetero) is 1. The highest BCUT2D eigenvalue weighted by Crippen LogP contribution is 2.39. The van der Waals surface area contributed by atoms with Crippen molar-refractivity contribution in [3.8, 4) is 5.75 Å². The SMILES string of the molecule is CC(C)Oc1ccc(/C(O)=C2\C(=O)C(=O)N(CCCN3CCOCC3)[C@@H]2c2ccco2)cc1. The Kier molecular flexibility index (Phi) is 7.15. The molecule has 0 spiro atoms. The minimum Gasteiger partial charge on any atom is -0.507 e. The number of furan rings is 1. The van der Waals surface area contributed by atoms with Gasteiger partial charge in [0.25, 0.3) is 11.7 Å². The number of benzene rings is 1. The summed E-state index contributed by atoms with van der Waals surface area (Å²) in [4.78, 5) is 29.7. The fraction of sp³-hybridized carbons (Fsp3) is 0.440. The van der Waals surface area contributed by atoms with E-state index in [2.05, 4.69) is 4.90 Å². The largest absolute Gasteiger partial charge is 0.507 e. The number of aliphatic hydroxyl groups excluding tert-OH is 1. The second-order valence-electron chi connectivity index (χ2n) is 8.51. The summed E-state index contributed by atoms with van der Waals surface area (Å²) in [5, 5.41) is 11.1. The normalized spacial score (nSPS) is 21.2. The molecule has 2 aliphatic rings. The number of hydrogen-bond donors (Lipinski definition) is 1. The van der Waals surface area contributed by atoms with E-state index >= 15 is 0 Å². The zero-order valence-corrected chi connectivity index (χ0v) is 19.0. The van der Waals surface area contributed by atoms with Crippen molar-refractivity contribution < 1.29 is 28.6 Å². The molecule has 176 valence electrons. The zero-order valence-electron chi connectivity index (χ0n) is 19.0. The molecule has 0 radical (unpaired) electrons. The van der Waals surface area contributed by atoms with Crippen molar-refractivity contribution in [3.63, 3.8) is 0 Å². The molecule has 1 N–H and O–H groups in total. The highest BCUT2D eigenvalue weighted by atomic mass is 16.5. The van der Waals surface area contributed by atoms with Crippen molar-refractivity contribution in [1.29, 1.82) is 0 Å². The molecule has 8 heteroatoms. The smallest absolute Gasteiger partial charge is 0.295 e. The molecule has 4 rings (SSSR count). The maximum atomic E-state index is 13.0. The number of ether oxygens (including phenoxy) is 2.